The smallest absolute Gasteiger partial charge is 0.343 e. The summed E-state index contributed by atoms with van der Waals surface area (Å²) in [5.74, 6) is -0.192. The number of ether oxygens (including phenoxy) is 1. The SMILES string of the molecule is N#CC(C#N)=Cc1cccc(OC(=O)c2ccc(Cl)cc2)c1. The largest absolute Gasteiger partial charge is 0.423 e. The zero-order valence-corrected chi connectivity index (χ0v) is 12.0. The summed E-state index contributed by atoms with van der Waals surface area (Å²) in [6.45, 7) is 0. The van der Waals surface area contributed by atoms with Gasteiger partial charge < -0.3 is 4.74 Å². The molecule has 2 aromatic rings. The van der Waals surface area contributed by atoms with Gasteiger partial charge in [0.1, 0.15) is 23.5 Å². The number of hydrogen-bond donors (Lipinski definition) is 0. The minimum Gasteiger partial charge on any atom is -0.423 e. The van der Waals surface area contributed by atoms with E-state index in [2.05, 4.69) is 0 Å². The fourth-order valence-corrected chi connectivity index (χ4v) is 1.80. The van der Waals surface area contributed by atoms with Gasteiger partial charge in [0.05, 0.1) is 5.56 Å². The van der Waals surface area contributed by atoms with E-state index < -0.39 is 5.97 Å². The number of hydrogen-bond acceptors (Lipinski definition) is 4. The minimum absolute atomic E-state index is 0.0267. The quantitative estimate of drug-likeness (QED) is 0.488. The highest BCUT2D eigenvalue weighted by atomic mass is 35.5. The lowest BCUT2D eigenvalue weighted by Crippen LogP contribution is -2.08. The second-order valence-corrected chi connectivity index (χ2v) is 4.69. The normalized spacial score (nSPS) is 9.23. The molecule has 0 atom stereocenters. The summed E-state index contributed by atoms with van der Waals surface area (Å²) in [5, 5.41) is 18.0. The third-order valence-electron chi connectivity index (χ3n) is 2.70. The Morgan fingerprint density at radius 3 is 2.41 bits per heavy atom. The van der Waals surface area contributed by atoms with Crippen LogP contribution in [0.2, 0.25) is 5.02 Å². The number of esters is 1. The number of carbonyl (C=O) groups excluding carboxylic acids is 1. The Labute approximate surface area is 132 Å². The molecule has 0 spiro atoms. The van der Waals surface area contributed by atoms with Crippen LogP contribution in [-0.4, -0.2) is 5.97 Å². The fraction of sp³-hybridized carbons (Fsp3) is 0. The van der Waals surface area contributed by atoms with Crippen molar-refractivity contribution in [3.05, 3.63) is 70.3 Å². The third kappa shape index (κ3) is 3.96. The van der Waals surface area contributed by atoms with Crippen molar-refractivity contribution in [3.8, 4) is 17.9 Å². The number of nitriles is 2. The predicted octanol–water partition coefficient (Wildman–Crippen LogP) is 3.99. The van der Waals surface area contributed by atoms with Crippen LogP contribution < -0.4 is 4.74 Å². The molecule has 0 amide bonds. The highest BCUT2D eigenvalue weighted by molar-refractivity contribution is 6.30. The van der Waals surface area contributed by atoms with Gasteiger partial charge >= 0.3 is 5.97 Å². The summed E-state index contributed by atoms with van der Waals surface area (Å²) < 4.78 is 5.25. The van der Waals surface area contributed by atoms with Crippen molar-refractivity contribution in [3.63, 3.8) is 0 Å². The van der Waals surface area contributed by atoms with Crippen LogP contribution in [0.25, 0.3) is 6.08 Å². The molecule has 0 aliphatic heterocycles. The first-order valence-corrected chi connectivity index (χ1v) is 6.60. The zero-order chi connectivity index (χ0) is 15.9. The van der Waals surface area contributed by atoms with Crippen LogP contribution in [0.5, 0.6) is 5.75 Å². The van der Waals surface area contributed by atoms with Crippen LogP contribution in [0.3, 0.4) is 0 Å². The first kappa shape index (κ1) is 15.3. The van der Waals surface area contributed by atoms with Gasteiger partial charge in [-0.05, 0) is 48.0 Å². The van der Waals surface area contributed by atoms with Gasteiger partial charge in [0.2, 0.25) is 0 Å². The number of carbonyl (C=O) groups is 1. The number of nitrogens with zero attached hydrogens (tertiary/aromatic N) is 2. The lowest BCUT2D eigenvalue weighted by Gasteiger charge is -2.05. The molecule has 0 heterocycles. The van der Waals surface area contributed by atoms with Crippen LogP contribution in [-0.2, 0) is 0 Å². The maximum Gasteiger partial charge on any atom is 0.343 e. The Morgan fingerprint density at radius 2 is 1.77 bits per heavy atom. The van der Waals surface area contributed by atoms with Gasteiger partial charge in [0.25, 0.3) is 0 Å². The second-order valence-electron chi connectivity index (χ2n) is 4.25. The van der Waals surface area contributed by atoms with Gasteiger partial charge in [-0.2, -0.15) is 10.5 Å². The van der Waals surface area contributed by atoms with E-state index in [0.29, 0.717) is 21.9 Å². The fourth-order valence-electron chi connectivity index (χ4n) is 1.68. The first-order valence-electron chi connectivity index (χ1n) is 6.22. The Kier molecular flexibility index (Phi) is 4.93. The zero-order valence-electron chi connectivity index (χ0n) is 11.3. The van der Waals surface area contributed by atoms with Gasteiger partial charge in [-0.1, -0.05) is 23.7 Å². The lowest BCUT2D eigenvalue weighted by atomic mass is 10.1. The maximum atomic E-state index is 12.0. The number of halogens is 1. The molecule has 2 aromatic carbocycles. The average molecular weight is 309 g/mol. The van der Waals surface area contributed by atoms with Crippen molar-refractivity contribution in [2.45, 2.75) is 0 Å². The van der Waals surface area contributed by atoms with Gasteiger partial charge in [-0.15, -0.1) is 0 Å². The monoisotopic (exact) mass is 308 g/mol. The summed E-state index contributed by atoms with van der Waals surface area (Å²) in [7, 11) is 0. The number of benzene rings is 2. The molecular weight excluding hydrogens is 300 g/mol. The third-order valence-corrected chi connectivity index (χ3v) is 2.95. The van der Waals surface area contributed by atoms with Crippen molar-refractivity contribution >= 4 is 23.6 Å². The van der Waals surface area contributed by atoms with E-state index in [4.69, 9.17) is 26.9 Å². The van der Waals surface area contributed by atoms with Crippen LogP contribution in [0, 0.1) is 22.7 Å². The van der Waals surface area contributed by atoms with Gasteiger partial charge in [-0.25, -0.2) is 4.79 Å². The molecule has 0 radical (unpaired) electrons. The molecular formula is C17H9ClN2O2. The Morgan fingerprint density at radius 1 is 1.09 bits per heavy atom. The highest BCUT2D eigenvalue weighted by Crippen LogP contribution is 2.18. The van der Waals surface area contributed by atoms with Crippen LogP contribution in [0.15, 0.2) is 54.1 Å². The summed E-state index contributed by atoms with van der Waals surface area (Å²) in [6, 6.07) is 16.4. The minimum atomic E-state index is -0.515. The molecule has 4 nitrogen and oxygen atoms in total. The number of allylic oxidation sites excluding steroid dienone is 1. The van der Waals surface area contributed by atoms with Crippen molar-refractivity contribution in [2.24, 2.45) is 0 Å². The molecule has 0 aliphatic rings. The van der Waals surface area contributed by atoms with Gasteiger partial charge in [0, 0.05) is 5.02 Å². The molecule has 0 bridgehead atoms. The molecule has 5 heteroatoms. The van der Waals surface area contributed by atoms with E-state index in [1.807, 2.05) is 0 Å². The van der Waals surface area contributed by atoms with E-state index in [1.165, 1.54) is 6.08 Å². The average Bonchev–Trinajstić information content (AvgIpc) is 2.53. The van der Waals surface area contributed by atoms with E-state index in [0.717, 1.165) is 0 Å². The molecule has 0 saturated carbocycles. The second kappa shape index (κ2) is 7.08. The van der Waals surface area contributed by atoms with Crippen LogP contribution >= 0.6 is 11.6 Å². The van der Waals surface area contributed by atoms with Gasteiger partial charge in [0.15, 0.2) is 0 Å². The molecule has 0 aliphatic carbocycles. The summed E-state index contributed by atoms with van der Waals surface area (Å²) in [5.41, 5.74) is 0.945. The molecule has 22 heavy (non-hydrogen) atoms. The van der Waals surface area contributed by atoms with E-state index in [1.54, 1.807) is 60.7 Å². The Balaban J connectivity index is 2.19. The van der Waals surface area contributed by atoms with Crippen molar-refractivity contribution in [1.29, 1.82) is 10.5 Å². The summed E-state index contributed by atoms with van der Waals surface area (Å²) in [4.78, 5) is 12.0. The van der Waals surface area contributed by atoms with E-state index >= 15 is 0 Å². The van der Waals surface area contributed by atoms with Gasteiger partial charge in [-0.3, -0.25) is 0 Å². The van der Waals surface area contributed by atoms with Crippen molar-refractivity contribution in [1.82, 2.24) is 0 Å². The molecule has 0 unspecified atom stereocenters. The Bertz CT molecular complexity index is 796. The highest BCUT2D eigenvalue weighted by Gasteiger charge is 2.08. The molecule has 0 N–H and O–H groups in total. The molecule has 2 rings (SSSR count). The Hall–Kier alpha value is -3.08. The van der Waals surface area contributed by atoms with Crippen molar-refractivity contribution in [2.75, 3.05) is 0 Å². The molecule has 0 fully saturated rings. The van der Waals surface area contributed by atoms with Crippen LogP contribution in [0.1, 0.15) is 15.9 Å². The first-order chi connectivity index (χ1) is 10.6. The predicted molar refractivity (Wildman–Crippen MR) is 82.1 cm³/mol. The molecule has 0 aromatic heterocycles. The molecule has 106 valence electrons. The van der Waals surface area contributed by atoms with Crippen molar-refractivity contribution < 1.29 is 9.53 Å². The topological polar surface area (TPSA) is 73.9 Å². The maximum absolute atomic E-state index is 12.0. The van der Waals surface area contributed by atoms with E-state index in [9.17, 15) is 4.79 Å². The molecule has 0 saturated heterocycles. The lowest BCUT2D eigenvalue weighted by molar-refractivity contribution is 0.0735. The van der Waals surface area contributed by atoms with Crippen LogP contribution in [0.4, 0.5) is 0 Å². The number of rotatable bonds is 3. The summed E-state index contributed by atoms with van der Waals surface area (Å²) in [6.07, 6.45) is 1.42. The summed E-state index contributed by atoms with van der Waals surface area (Å²) >= 11 is 5.76. The van der Waals surface area contributed by atoms with E-state index in [-0.39, 0.29) is 5.57 Å². The standard InChI is InChI=1S/C17H9ClN2O2/c18-15-6-4-14(5-7-15)17(21)22-16-3-1-2-12(9-16)8-13(10-19)11-20/h1-9H.